The molecule has 29 heavy (non-hydrogen) atoms. The van der Waals surface area contributed by atoms with E-state index < -0.39 is 0 Å². The molecule has 1 aliphatic rings. The molecule has 1 unspecified atom stereocenters. The smallest absolute Gasteiger partial charge is 0.244 e. The average Bonchev–Trinajstić information content (AvgIpc) is 3.23. The quantitative estimate of drug-likeness (QED) is 0.750. The van der Waals surface area contributed by atoms with Crippen molar-refractivity contribution in [1.29, 1.82) is 0 Å². The van der Waals surface area contributed by atoms with Crippen LogP contribution in [0.5, 0.6) is 5.75 Å². The Labute approximate surface area is 176 Å². The third kappa shape index (κ3) is 5.28. The zero-order chi connectivity index (χ0) is 20.8. The lowest BCUT2D eigenvalue weighted by Crippen LogP contribution is -2.43. The molecule has 6 nitrogen and oxygen atoms in total. The molecule has 0 spiro atoms. The normalized spacial score (nSPS) is 15.0. The van der Waals surface area contributed by atoms with Gasteiger partial charge in [-0.15, -0.1) is 0 Å². The zero-order valence-electron chi connectivity index (χ0n) is 16.7. The lowest BCUT2D eigenvalue weighted by molar-refractivity contribution is -0.138. The molecule has 0 saturated carbocycles. The minimum atomic E-state index is -0.378. The van der Waals surface area contributed by atoms with E-state index in [1.807, 2.05) is 30.3 Å². The summed E-state index contributed by atoms with van der Waals surface area (Å²) in [4.78, 5) is 29.5. The van der Waals surface area contributed by atoms with Gasteiger partial charge in [-0.1, -0.05) is 41.9 Å². The molecule has 0 aliphatic carbocycles. The Kier molecular flexibility index (Phi) is 7.12. The molecule has 154 valence electrons. The average molecular weight is 416 g/mol. The first-order valence-electron chi connectivity index (χ1n) is 9.67. The topological polar surface area (TPSA) is 61.9 Å². The molecule has 7 heteroatoms. The molecule has 1 fully saturated rings. The number of carbonyl (C=O) groups is 2. The van der Waals surface area contributed by atoms with Crippen LogP contribution < -0.4 is 10.1 Å². The number of amides is 2. The Hall–Kier alpha value is -2.57. The first kappa shape index (κ1) is 21.1. The van der Waals surface area contributed by atoms with Crippen molar-refractivity contribution in [3.63, 3.8) is 0 Å². The van der Waals surface area contributed by atoms with Crippen molar-refractivity contribution in [3.05, 3.63) is 59.1 Å². The van der Waals surface area contributed by atoms with Gasteiger partial charge >= 0.3 is 0 Å². The second-order valence-corrected chi connectivity index (χ2v) is 7.58. The van der Waals surface area contributed by atoms with Crippen molar-refractivity contribution >= 4 is 29.1 Å². The van der Waals surface area contributed by atoms with Gasteiger partial charge in [0.05, 0.1) is 19.3 Å². The molecule has 0 bridgehead atoms. The fourth-order valence-corrected chi connectivity index (χ4v) is 3.79. The number of carbonyl (C=O) groups excluding carboxylic acids is 2. The van der Waals surface area contributed by atoms with Crippen molar-refractivity contribution < 1.29 is 14.3 Å². The second kappa shape index (κ2) is 9.76. The van der Waals surface area contributed by atoms with E-state index >= 15 is 0 Å². The Bertz CT molecular complexity index is 854. The molecular weight excluding hydrogens is 390 g/mol. The maximum absolute atomic E-state index is 13.3. The number of halogens is 1. The van der Waals surface area contributed by atoms with Gasteiger partial charge in [-0.2, -0.15) is 0 Å². The highest BCUT2D eigenvalue weighted by molar-refractivity contribution is 6.31. The predicted molar refractivity (Wildman–Crippen MR) is 114 cm³/mol. The van der Waals surface area contributed by atoms with Crippen molar-refractivity contribution in [2.75, 3.05) is 39.1 Å². The van der Waals surface area contributed by atoms with Gasteiger partial charge in [0.2, 0.25) is 11.8 Å². The molecule has 0 radical (unpaired) electrons. The van der Waals surface area contributed by atoms with Crippen LogP contribution in [-0.4, -0.2) is 55.4 Å². The van der Waals surface area contributed by atoms with Crippen LogP contribution in [-0.2, 0) is 9.59 Å². The Morgan fingerprint density at radius 1 is 1.17 bits per heavy atom. The van der Waals surface area contributed by atoms with E-state index in [1.165, 1.54) is 12.0 Å². The number of likely N-dealkylation sites (tertiary alicyclic amines) is 1. The highest BCUT2D eigenvalue weighted by Crippen LogP contribution is 2.28. The van der Waals surface area contributed by atoms with Crippen molar-refractivity contribution in [2.24, 2.45) is 0 Å². The summed E-state index contributed by atoms with van der Waals surface area (Å²) in [6, 6.07) is 14.3. The largest absolute Gasteiger partial charge is 0.495 e. The number of anilines is 1. The third-order valence-electron chi connectivity index (χ3n) is 5.05. The van der Waals surface area contributed by atoms with Gasteiger partial charge in [-0.3, -0.25) is 14.5 Å². The number of nitrogens with zero attached hydrogens (tertiary/aromatic N) is 2. The minimum Gasteiger partial charge on any atom is -0.495 e. The number of likely N-dealkylation sites (N-methyl/N-ethyl adjacent to an activating group) is 1. The molecule has 2 aromatic rings. The summed E-state index contributed by atoms with van der Waals surface area (Å²) in [6.45, 7) is 1.70. The summed E-state index contributed by atoms with van der Waals surface area (Å²) in [5.74, 6) is 0.108. The minimum absolute atomic E-state index is 0.0638. The molecule has 2 aromatic carbocycles. The van der Waals surface area contributed by atoms with Crippen molar-refractivity contribution in [1.82, 2.24) is 9.80 Å². The number of rotatable bonds is 7. The Morgan fingerprint density at radius 3 is 2.52 bits per heavy atom. The number of hydrogen-bond donors (Lipinski definition) is 1. The maximum atomic E-state index is 13.3. The monoisotopic (exact) mass is 415 g/mol. The molecule has 2 amide bonds. The van der Waals surface area contributed by atoms with Gasteiger partial charge < -0.3 is 15.0 Å². The maximum Gasteiger partial charge on any atom is 0.244 e. The first-order valence-corrected chi connectivity index (χ1v) is 10.0. The van der Waals surface area contributed by atoms with Gasteiger partial charge in [0.15, 0.2) is 0 Å². The summed E-state index contributed by atoms with van der Waals surface area (Å²) in [5.41, 5.74) is 1.42. The zero-order valence-corrected chi connectivity index (χ0v) is 17.5. The number of hydrogen-bond acceptors (Lipinski definition) is 4. The molecular formula is C22H26ClN3O3. The highest BCUT2D eigenvalue weighted by atomic mass is 35.5. The van der Waals surface area contributed by atoms with Crippen LogP contribution in [0, 0.1) is 0 Å². The van der Waals surface area contributed by atoms with Crippen LogP contribution in [0.25, 0.3) is 0 Å². The molecule has 3 rings (SSSR count). The van der Waals surface area contributed by atoms with Crippen molar-refractivity contribution in [3.8, 4) is 5.75 Å². The summed E-state index contributed by atoms with van der Waals surface area (Å²) in [5, 5.41) is 3.27. The second-order valence-electron chi connectivity index (χ2n) is 7.14. The van der Waals surface area contributed by atoms with Crippen LogP contribution >= 0.6 is 11.6 Å². The molecule has 1 aliphatic heterocycles. The lowest BCUT2D eigenvalue weighted by Gasteiger charge is -2.30. The number of ether oxygens (including phenoxy) is 1. The van der Waals surface area contributed by atoms with Crippen LogP contribution in [0.3, 0.4) is 0 Å². The standard InChI is InChI=1S/C22H26ClN3O3/c1-25(15-20(27)24-18-14-17(23)10-11-19(18)29-2)22(28)21(26-12-6-7-13-26)16-8-4-3-5-9-16/h3-5,8-11,14,21H,6-7,12-13,15H2,1-2H3,(H,24,27). The van der Waals surface area contributed by atoms with Gasteiger partial charge in [0, 0.05) is 12.1 Å². The number of methoxy groups -OCH3 is 1. The van der Waals surface area contributed by atoms with E-state index in [0.717, 1.165) is 31.5 Å². The fourth-order valence-electron chi connectivity index (χ4n) is 3.61. The predicted octanol–water partition coefficient (Wildman–Crippen LogP) is 3.58. The molecule has 1 atom stereocenters. The van der Waals surface area contributed by atoms with E-state index in [-0.39, 0.29) is 24.4 Å². The van der Waals surface area contributed by atoms with Crippen LogP contribution in [0.2, 0.25) is 5.02 Å². The SMILES string of the molecule is COc1ccc(Cl)cc1NC(=O)CN(C)C(=O)C(c1ccccc1)N1CCCC1. The molecule has 1 saturated heterocycles. The van der Waals surface area contributed by atoms with E-state index in [2.05, 4.69) is 10.2 Å². The van der Waals surface area contributed by atoms with Crippen LogP contribution in [0.4, 0.5) is 5.69 Å². The number of benzene rings is 2. The Balaban J connectivity index is 1.71. The third-order valence-corrected chi connectivity index (χ3v) is 5.28. The van der Waals surface area contributed by atoms with Crippen molar-refractivity contribution in [2.45, 2.75) is 18.9 Å². The number of nitrogens with one attached hydrogen (secondary N) is 1. The molecule has 1 heterocycles. The van der Waals surface area contributed by atoms with Gasteiger partial charge in [-0.05, 0) is 49.7 Å². The van der Waals surface area contributed by atoms with Gasteiger partial charge in [0.1, 0.15) is 11.8 Å². The van der Waals surface area contributed by atoms with Crippen LogP contribution in [0.1, 0.15) is 24.4 Å². The van der Waals surface area contributed by atoms with Gasteiger partial charge in [0.25, 0.3) is 0 Å². The Morgan fingerprint density at radius 2 is 1.86 bits per heavy atom. The molecule has 0 aromatic heterocycles. The van der Waals surface area contributed by atoms with Crippen LogP contribution in [0.15, 0.2) is 48.5 Å². The highest BCUT2D eigenvalue weighted by Gasteiger charge is 2.32. The lowest BCUT2D eigenvalue weighted by atomic mass is 10.0. The first-order chi connectivity index (χ1) is 14.0. The summed E-state index contributed by atoms with van der Waals surface area (Å²) in [7, 11) is 3.18. The summed E-state index contributed by atoms with van der Waals surface area (Å²) < 4.78 is 5.26. The van der Waals surface area contributed by atoms with Gasteiger partial charge in [-0.25, -0.2) is 0 Å². The molecule has 1 N–H and O–H groups in total. The van der Waals surface area contributed by atoms with E-state index in [0.29, 0.717) is 16.5 Å². The van der Waals surface area contributed by atoms with E-state index in [4.69, 9.17) is 16.3 Å². The van der Waals surface area contributed by atoms with E-state index in [1.54, 1.807) is 25.2 Å². The van der Waals surface area contributed by atoms with E-state index in [9.17, 15) is 9.59 Å². The fraction of sp³-hybridized carbons (Fsp3) is 0.364. The summed E-state index contributed by atoms with van der Waals surface area (Å²) >= 11 is 6.02. The summed E-state index contributed by atoms with van der Waals surface area (Å²) in [6.07, 6.45) is 2.16.